The Morgan fingerprint density at radius 2 is 1.48 bits per heavy atom. The van der Waals surface area contributed by atoms with Gasteiger partial charge in [-0.15, -0.1) is 0 Å². The van der Waals surface area contributed by atoms with Crippen LogP contribution in [0, 0.1) is 23.7 Å². The van der Waals surface area contributed by atoms with Gasteiger partial charge < -0.3 is 9.47 Å². The van der Waals surface area contributed by atoms with Crippen molar-refractivity contribution < 1.29 is 28.7 Å². The number of unbranched alkanes of at least 4 members (excludes halogenated alkanes) is 1. The van der Waals surface area contributed by atoms with E-state index >= 15 is 0 Å². The second kappa shape index (κ2) is 15.1. The molecule has 0 aromatic heterocycles. The SMILES string of the molecule is C.C/C=C/C=C/CCC.CCCC1C=CC(C)C2C(=O)OC(=O)C12.O=C1C=CC(=O)O1. The van der Waals surface area contributed by atoms with Gasteiger partial charge in [0.2, 0.25) is 0 Å². The lowest BCUT2D eigenvalue weighted by Gasteiger charge is -2.28. The fourth-order valence-corrected chi connectivity index (χ4v) is 3.43. The molecule has 0 bridgehead atoms. The Hall–Kier alpha value is -2.76. The highest BCUT2D eigenvalue weighted by Crippen LogP contribution is 2.41. The van der Waals surface area contributed by atoms with E-state index in [9.17, 15) is 19.2 Å². The lowest BCUT2D eigenvalue weighted by Crippen LogP contribution is -2.32. The van der Waals surface area contributed by atoms with Crippen LogP contribution < -0.4 is 0 Å². The molecule has 0 saturated carbocycles. The molecule has 0 amide bonds. The molecule has 3 rings (SSSR count). The van der Waals surface area contributed by atoms with E-state index in [0.29, 0.717) is 0 Å². The third kappa shape index (κ3) is 9.28. The predicted octanol–water partition coefficient (Wildman–Crippen LogP) is 5.11. The normalized spacial score (nSPS) is 25.9. The van der Waals surface area contributed by atoms with Gasteiger partial charge in [-0.05, 0) is 31.6 Å². The Morgan fingerprint density at radius 3 is 1.97 bits per heavy atom. The highest BCUT2D eigenvalue weighted by Gasteiger charge is 2.50. The number of rotatable bonds is 5. The van der Waals surface area contributed by atoms with Gasteiger partial charge in [0.05, 0.1) is 11.8 Å². The van der Waals surface area contributed by atoms with E-state index in [0.717, 1.165) is 25.0 Å². The second-order valence-electron chi connectivity index (χ2n) is 7.30. The number of allylic oxidation sites excluding steroid dienone is 6. The fourth-order valence-electron chi connectivity index (χ4n) is 3.43. The van der Waals surface area contributed by atoms with E-state index in [1.807, 2.05) is 26.0 Å². The van der Waals surface area contributed by atoms with Crippen LogP contribution in [-0.2, 0) is 28.7 Å². The van der Waals surface area contributed by atoms with E-state index in [2.05, 4.69) is 42.9 Å². The van der Waals surface area contributed by atoms with Crippen LogP contribution in [0.2, 0.25) is 0 Å². The molecule has 1 saturated heterocycles. The van der Waals surface area contributed by atoms with Gasteiger partial charge in [0, 0.05) is 12.2 Å². The Kier molecular flexibility index (Phi) is 13.8. The maximum absolute atomic E-state index is 11.6. The van der Waals surface area contributed by atoms with Gasteiger partial charge in [-0.1, -0.05) is 77.5 Å². The molecule has 0 N–H and O–H groups in total. The summed E-state index contributed by atoms with van der Waals surface area (Å²) in [6, 6.07) is 0. The molecule has 4 unspecified atom stereocenters. The topological polar surface area (TPSA) is 86.7 Å². The molecular weight excluding hydrogens is 396 g/mol. The van der Waals surface area contributed by atoms with Crippen molar-refractivity contribution in [1.82, 2.24) is 0 Å². The number of fused-ring (bicyclic) bond motifs is 1. The summed E-state index contributed by atoms with van der Waals surface area (Å²) in [5, 5.41) is 0. The summed E-state index contributed by atoms with van der Waals surface area (Å²) in [5.41, 5.74) is 0. The maximum atomic E-state index is 11.6. The lowest BCUT2D eigenvalue weighted by atomic mass is 9.71. The van der Waals surface area contributed by atoms with Gasteiger partial charge in [0.15, 0.2) is 0 Å². The summed E-state index contributed by atoms with van der Waals surface area (Å²) in [5.74, 6) is -1.95. The first-order chi connectivity index (χ1) is 14.3. The van der Waals surface area contributed by atoms with Gasteiger partial charge in [-0.3, -0.25) is 9.59 Å². The minimum absolute atomic E-state index is 0. The Morgan fingerprint density at radius 1 is 0.871 bits per heavy atom. The Labute approximate surface area is 186 Å². The molecule has 0 radical (unpaired) electrons. The zero-order valence-electron chi connectivity index (χ0n) is 18.2. The number of carbonyl (C=O) groups is 4. The van der Waals surface area contributed by atoms with E-state index in [-0.39, 0.29) is 43.0 Å². The molecule has 1 fully saturated rings. The Balaban J connectivity index is 0.000000479. The number of carbonyl (C=O) groups excluding carboxylic acids is 4. The van der Waals surface area contributed by atoms with Crippen LogP contribution in [0.4, 0.5) is 0 Å². The second-order valence-corrected chi connectivity index (χ2v) is 7.30. The van der Waals surface area contributed by atoms with Gasteiger partial charge in [0.1, 0.15) is 0 Å². The molecule has 6 heteroatoms. The van der Waals surface area contributed by atoms with Crippen molar-refractivity contribution in [3.8, 4) is 0 Å². The van der Waals surface area contributed by atoms with Crippen molar-refractivity contribution in [2.24, 2.45) is 23.7 Å². The minimum Gasteiger partial charge on any atom is -0.393 e. The first-order valence-electron chi connectivity index (χ1n) is 10.5. The smallest absolute Gasteiger partial charge is 0.338 e. The quantitative estimate of drug-likeness (QED) is 0.260. The standard InChI is InChI=1S/C12H16O3.C8H14.C4H2O3.CH4/c1-3-4-8-6-5-7(2)9-10(8)12(14)15-11(9)13;1-3-5-7-8-6-4-2;5-3-1-2-4(6)7-3;/h5-10H,3-4H2,1-2H3;3,5,7-8H,4,6H2,1-2H3;1-2H;1H4/b;5-3+,8-7+;;. The van der Waals surface area contributed by atoms with Crippen LogP contribution in [-0.4, -0.2) is 23.9 Å². The zero-order valence-corrected chi connectivity index (χ0v) is 18.2. The third-order valence-electron chi connectivity index (χ3n) is 4.90. The van der Waals surface area contributed by atoms with E-state index < -0.39 is 11.9 Å². The van der Waals surface area contributed by atoms with Crippen molar-refractivity contribution in [2.75, 3.05) is 0 Å². The number of ether oxygens (including phenoxy) is 2. The highest BCUT2D eigenvalue weighted by molar-refractivity contribution is 6.04. The van der Waals surface area contributed by atoms with Crippen LogP contribution in [0.1, 0.15) is 60.8 Å². The third-order valence-corrected chi connectivity index (χ3v) is 4.90. The van der Waals surface area contributed by atoms with Crippen molar-refractivity contribution in [1.29, 1.82) is 0 Å². The monoisotopic (exact) mass is 432 g/mol. The maximum Gasteiger partial charge on any atom is 0.338 e. The summed E-state index contributed by atoms with van der Waals surface area (Å²) < 4.78 is 8.71. The molecule has 1 aliphatic carbocycles. The van der Waals surface area contributed by atoms with Crippen LogP contribution >= 0.6 is 0 Å². The summed E-state index contributed by atoms with van der Waals surface area (Å²) in [6.07, 6.45) is 19.1. The molecule has 2 heterocycles. The van der Waals surface area contributed by atoms with Crippen LogP contribution in [0.15, 0.2) is 48.6 Å². The highest BCUT2D eigenvalue weighted by atomic mass is 16.6. The van der Waals surface area contributed by atoms with Crippen molar-refractivity contribution in [3.63, 3.8) is 0 Å². The summed E-state index contributed by atoms with van der Waals surface area (Å²) >= 11 is 0. The lowest BCUT2D eigenvalue weighted by molar-refractivity contribution is -0.154. The molecule has 31 heavy (non-hydrogen) atoms. The van der Waals surface area contributed by atoms with Gasteiger partial charge in [-0.25, -0.2) is 9.59 Å². The summed E-state index contributed by atoms with van der Waals surface area (Å²) in [6.45, 7) is 8.26. The molecule has 2 aliphatic heterocycles. The van der Waals surface area contributed by atoms with E-state index in [4.69, 9.17) is 4.74 Å². The van der Waals surface area contributed by atoms with E-state index in [1.165, 1.54) is 12.8 Å². The number of hydrogen-bond acceptors (Lipinski definition) is 6. The average Bonchev–Trinajstić information content (AvgIpc) is 3.24. The van der Waals surface area contributed by atoms with Gasteiger partial charge >= 0.3 is 23.9 Å². The van der Waals surface area contributed by atoms with Crippen molar-refractivity contribution in [3.05, 3.63) is 48.6 Å². The van der Waals surface area contributed by atoms with E-state index in [1.54, 1.807) is 0 Å². The fraction of sp³-hybridized carbons (Fsp3) is 0.520. The largest absolute Gasteiger partial charge is 0.393 e. The summed E-state index contributed by atoms with van der Waals surface area (Å²) in [7, 11) is 0. The molecule has 0 spiro atoms. The van der Waals surface area contributed by atoms with Crippen molar-refractivity contribution >= 4 is 23.9 Å². The van der Waals surface area contributed by atoms with Crippen LogP contribution in [0.3, 0.4) is 0 Å². The number of cyclic esters (lactones) is 4. The molecule has 3 aliphatic rings. The van der Waals surface area contributed by atoms with Crippen LogP contribution in [0.5, 0.6) is 0 Å². The predicted molar refractivity (Wildman–Crippen MR) is 121 cm³/mol. The van der Waals surface area contributed by atoms with Gasteiger partial charge in [-0.2, -0.15) is 0 Å². The first kappa shape index (κ1) is 28.2. The van der Waals surface area contributed by atoms with Crippen LogP contribution in [0.25, 0.3) is 0 Å². The summed E-state index contributed by atoms with van der Waals surface area (Å²) in [4.78, 5) is 42.9. The minimum atomic E-state index is -0.579. The molecule has 0 aromatic rings. The molecule has 4 atom stereocenters. The molecular formula is C25H36O6. The van der Waals surface area contributed by atoms with Gasteiger partial charge in [0.25, 0.3) is 0 Å². The average molecular weight is 433 g/mol. The molecule has 6 nitrogen and oxygen atoms in total. The Bertz CT molecular complexity index is 712. The number of hydrogen-bond donors (Lipinski definition) is 0. The zero-order chi connectivity index (χ0) is 22.5. The number of esters is 4. The van der Waals surface area contributed by atoms with Crippen molar-refractivity contribution in [2.45, 2.75) is 60.8 Å². The first-order valence-corrected chi connectivity index (χ1v) is 10.5. The molecule has 0 aromatic carbocycles. The molecule has 172 valence electrons.